The summed E-state index contributed by atoms with van der Waals surface area (Å²) in [5, 5.41) is 0. The van der Waals surface area contributed by atoms with E-state index in [0.29, 0.717) is 19.7 Å². The maximum atomic E-state index is 11.5. The van der Waals surface area contributed by atoms with E-state index in [9.17, 15) is 4.79 Å². The van der Waals surface area contributed by atoms with Gasteiger partial charge in [0.1, 0.15) is 0 Å². The Labute approximate surface area is 101 Å². The number of carbonyl (C=O) groups excluding carboxylic acids is 1. The van der Waals surface area contributed by atoms with Crippen LogP contribution < -0.4 is 4.90 Å². The molecule has 17 heavy (non-hydrogen) atoms. The molecule has 0 saturated carbocycles. The van der Waals surface area contributed by atoms with Crippen LogP contribution in [0.3, 0.4) is 0 Å². The lowest BCUT2D eigenvalue weighted by atomic mass is 10.3. The number of rotatable bonds is 2. The third-order valence-corrected chi connectivity index (χ3v) is 2.83. The van der Waals surface area contributed by atoms with Gasteiger partial charge in [-0.1, -0.05) is 0 Å². The fraction of sp³-hybridized carbons (Fsp3) is 0.500. The zero-order valence-corrected chi connectivity index (χ0v) is 10.0. The molecule has 0 aliphatic carbocycles. The quantitative estimate of drug-likeness (QED) is 0.776. The summed E-state index contributed by atoms with van der Waals surface area (Å²) in [6, 6.07) is 3.97. The number of anilines is 1. The molecular weight excluding hydrogens is 218 g/mol. The van der Waals surface area contributed by atoms with Crippen molar-refractivity contribution in [1.82, 2.24) is 9.88 Å². The first-order chi connectivity index (χ1) is 8.31. The molecule has 1 fully saturated rings. The summed E-state index contributed by atoms with van der Waals surface area (Å²) in [5.41, 5.74) is 1.16. The highest BCUT2D eigenvalue weighted by Crippen LogP contribution is 2.14. The maximum absolute atomic E-state index is 11.5. The van der Waals surface area contributed by atoms with Crippen LogP contribution in [0.1, 0.15) is 6.92 Å². The van der Waals surface area contributed by atoms with Gasteiger partial charge in [0.25, 0.3) is 0 Å². The van der Waals surface area contributed by atoms with E-state index in [1.807, 2.05) is 19.1 Å². The van der Waals surface area contributed by atoms with Crippen LogP contribution in [0, 0.1) is 0 Å². The molecule has 5 nitrogen and oxygen atoms in total. The summed E-state index contributed by atoms with van der Waals surface area (Å²) in [5.74, 6) is 0. The SMILES string of the molecule is CCOC(=O)N1CCN(c2ccncc2)CC1. The molecule has 1 aromatic heterocycles. The van der Waals surface area contributed by atoms with Gasteiger partial charge in [0.15, 0.2) is 0 Å². The second kappa shape index (κ2) is 5.52. The van der Waals surface area contributed by atoms with Gasteiger partial charge >= 0.3 is 6.09 Å². The Kier molecular flexibility index (Phi) is 3.80. The number of nitrogens with zero attached hydrogens (tertiary/aromatic N) is 3. The average Bonchev–Trinajstić information content (AvgIpc) is 2.40. The Bertz CT molecular complexity index is 361. The number of carbonyl (C=O) groups is 1. The van der Waals surface area contributed by atoms with E-state index in [2.05, 4.69) is 9.88 Å². The van der Waals surface area contributed by atoms with Crippen molar-refractivity contribution >= 4 is 11.8 Å². The maximum Gasteiger partial charge on any atom is 0.409 e. The largest absolute Gasteiger partial charge is 0.450 e. The third-order valence-electron chi connectivity index (χ3n) is 2.83. The molecule has 0 bridgehead atoms. The topological polar surface area (TPSA) is 45.7 Å². The molecule has 1 aliphatic rings. The van der Waals surface area contributed by atoms with Crippen molar-refractivity contribution in [1.29, 1.82) is 0 Å². The number of pyridine rings is 1. The van der Waals surface area contributed by atoms with Crippen LogP contribution in [0.2, 0.25) is 0 Å². The Balaban J connectivity index is 1.88. The predicted octanol–water partition coefficient (Wildman–Crippen LogP) is 1.36. The van der Waals surface area contributed by atoms with Gasteiger partial charge in [0.05, 0.1) is 6.61 Å². The molecule has 0 spiro atoms. The first-order valence-corrected chi connectivity index (χ1v) is 5.88. The number of ether oxygens (including phenoxy) is 1. The molecule has 0 aromatic carbocycles. The van der Waals surface area contributed by atoms with Crippen LogP contribution in [0.4, 0.5) is 10.5 Å². The second-order valence-electron chi connectivity index (χ2n) is 3.88. The third kappa shape index (κ3) is 2.87. The van der Waals surface area contributed by atoms with Crippen LogP contribution in [-0.4, -0.2) is 48.8 Å². The molecule has 1 aliphatic heterocycles. The Hall–Kier alpha value is -1.78. The van der Waals surface area contributed by atoms with E-state index in [4.69, 9.17) is 4.74 Å². The normalized spacial score (nSPS) is 15.8. The monoisotopic (exact) mass is 235 g/mol. The van der Waals surface area contributed by atoms with Gasteiger partial charge in [-0.15, -0.1) is 0 Å². The molecule has 2 rings (SSSR count). The zero-order valence-electron chi connectivity index (χ0n) is 10.0. The first-order valence-electron chi connectivity index (χ1n) is 5.88. The van der Waals surface area contributed by atoms with E-state index >= 15 is 0 Å². The van der Waals surface area contributed by atoms with Gasteiger partial charge < -0.3 is 14.5 Å². The van der Waals surface area contributed by atoms with Crippen LogP contribution in [0.5, 0.6) is 0 Å². The molecule has 1 saturated heterocycles. The van der Waals surface area contributed by atoms with Crippen molar-refractivity contribution < 1.29 is 9.53 Å². The summed E-state index contributed by atoms with van der Waals surface area (Å²) in [6.45, 7) is 5.35. The van der Waals surface area contributed by atoms with Crippen LogP contribution in [0.15, 0.2) is 24.5 Å². The van der Waals surface area contributed by atoms with E-state index in [-0.39, 0.29) is 6.09 Å². The minimum atomic E-state index is -0.207. The van der Waals surface area contributed by atoms with Crippen molar-refractivity contribution in [2.75, 3.05) is 37.7 Å². The number of piperazine rings is 1. The molecule has 1 amide bonds. The summed E-state index contributed by atoms with van der Waals surface area (Å²) in [4.78, 5) is 19.5. The number of aromatic nitrogens is 1. The fourth-order valence-electron chi connectivity index (χ4n) is 1.92. The Morgan fingerprint density at radius 2 is 1.94 bits per heavy atom. The van der Waals surface area contributed by atoms with Gasteiger partial charge in [-0.3, -0.25) is 4.98 Å². The molecule has 92 valence electrons. The minimum absolute atomic E-state index is 0.207. The zero-order chi connectivity index (χ0) is 12.1. The minimum Gasteiger partial charge on any atom is -0.450 e. The van der Waals surface area contributed by atoms with Crippen molar-refractivity contribution in [2.45, 2.75) is 6.92 Å². The van der Waals surface area contributed by atoms with E-state index < -0.39 is 0 Å². The van der Waals surface area contributed by atoms with Crippen molar-refractivity contribution in [3.63, 3.8) is 0 Å². The lowest BCUT2D eigenvalue weighted by molar-refractivity contribution is 0.105. The van der Waals surface area contributed by atoms with Gasteiger partial charge in [-0.25, -0.2) is 4.79 Å². The highest BCUT2D eigenvalue weighted by atomic mass is 16.6. The lowest BCUT2D eigenvalue weighted by Crippen LogP contribution is -2.49. The van der Waals surface area contributed by atoms with E-state index in [0.717, 1.165) is 18.8 Å². The van der Waals surface area contributed by atoms with Crippen molar-refractivity contribution in [2.24, 2.45) is 0 Å². The van der Waals surface area contributed by atoms with Crippen LogP contribution >= 0.6 is 0 Å². The Morgan fingerprint density at radius 1 is 1.29 bits per heavy atom. The number of amides is 1. The van der Waals surface area contributed by atoms with E-state index in [1.54, 1.807) is 17.3 Å². The number of hydrogen-bond acceptors (Lipinski definition) is 4. The summed E-state index contributed by atoms with van der Waals surface area (Å²) >= 11 is 0. The molecule has 5 heteroatoms. The molecular formula is C12H17N3O2. The standard InChI is InChI=1S/C12H17N3O2/c1-2-17-12(16)15-9-7-14(8-10-15)11-3-5-13-6-4-11/h3-6H,2,7-10H2,1H3. The average molecular weight is 235 g/mol. The summed E-state index contributed by atoms with van der Waals surface area (Å²) in [6.07, 6.45) is 3.36. The van der Waals surface area contributed by atoms with Crippen molar-refractivity contribution in [3.8, 4) is 0 Å². The summed E-state index contributed by atoms with van der Waals surface area (Å²) < 4.78 is 4.98. The van der Waals surface area contributed by atoms with Crippen LogP contribution in [-0.2, 0) is 4.74 Å². The van der Waals surface area contributed by atoms with E-state index in [1.165, 1.54) is 0 Å². The van der Waals surface area contributed by atoms with Gasteiger partial charge in [0.2, 0.25) is 0 Å². The predicted molar refractivity (Wildman–Crippen MR) is 65.0 cm³/mol. The number of hydrogen-bond donors (Lipinski definition) is 0. The fourth-order valence-corrected chi connectivity index (χ4v) is 1.92. The highest BCUT2D eigenvalue weighted by molar-refractivity contribution is 5.68. The molecule has 0 radical (unpaired) electrons. The lowest BCUT2D eigenvalue weighted by Gasteiger charge is -2.35. The molecule has 0 atom stereocenters. The smallest absolute Gasteiger partial charge is 0.409 e. The molecule has 2 heterocycles. The van der Waals surface area contributed by atoms with Gasteiger partial charge in [-0.05, 0) is 19.1 Å². The first kappa shape index (κ1) is 11.7. The van der Waals surface area contributed by atoms with Gasteiger partial charge in [0, 0.05) is 44.3 Å². The second-order valence-corrected chi connectivity index (χ2v) is 3.88. The van der Waals surface area contributed by atoms with Gasteiger partial charge in [-0.2, -0.15) is 0 Å². The summed E-state index contributed by atoms with van der Waals surface area (Å²) in [7, 11) is 0. The van der Waals surface area contributed by atoms with Crippen LogP contribution in [0.25, 0.3) is 0 Å². The molecule has 0 unspecified atom stereocenters. The molecule has 1 aromatic rings. The molecule has 0 N–H and O–H groups in total. The Morgan fingerprint density at radius 3 is 2.53 bits per heavy atom. The highest BCUT2D eigenvalue weighted by Gasteiger charge is 2.21. The van der Waals surface area contributed by atoms with Crippen molar-refractivity contribution in [3.05, 3.63) is 24.5 Å².